The third-order valence-electron chi connectivity index (χ3n) is 5.81. The normalized spacial score (nSPS) is 19.2. The molecular formula is C20H27ClN2. The van der Waals surface area contributed by atoms with E-state index in [9.17, 15) is 0 Å². The molecule has 2 aliphatic rings. The summed E-state index contributed by atoms with van der Waals surface area (Å²) in [5.74, 6) is 0. The Kier molecular flexibility index (Phi) is 4.57. The van der Waals surface area contributed by atoms with Crippen LogP contribution in [0.2, 0.25) is 0 Å². The fraction of sp³-hybridized carbons (Fsp3) is 0.500. The quantitative estimate of drug-likeness (QED) is 0.793. The number of aromatic nitrogens is 1. The van der Waals surface area contributed by atoms with E-state index in [0.29, 0.717) is 0 Å². The molecule has 1 aromatic carbocycles. The fourth-order valence-electron chi connectivity index (χ4n) is 4.90. The Morgan fingerprint density at radius 1 is 0.957 bits per heavy atom. The number of rotatable bonds is 1. The zero-order chi connectivity index (χ0) is 15.2. The van der Waals surface area contributed by atoms with Crippen LogP contribution >= 0.6 is 12.4 Å². The van der Waals surface area contributed by atoms with Gasteiger partial charge in [0, 0.05) is 29.2 Å². The lowest BCUT2D eigenvalue weighted by molar-refractivity contribution is 0.222. The maximum Gasteiger partial charge on any atom is 0.0455 e. The molecule has 2 aromatic rings. The van der Waals surface area contributed by atoms with Crippen LogP contribution in [0.15, 0.2) is 30.3 Å². The van der Waals surface area contributed by atoms with Crippen LogP contribution in [0.3, 0.4) is 0 Å². The smallest absolute Gasteiger partial charge is 0.0455 e. The Labute approximate surface area is 145 Å². The lowest BCUT2D eigenvalue weighted by Gasteiger charge is -2.42. The Hall–Kier alpha value is -1.25. The number of para-hydroxylation sites is 1. The van der Waals surface area contributed by atoms with Gasteiger partial charge in [-0.2, -0.15) is 0 Å². The van der Waals surface area contributed by atoms with Crippen molar-refractivity contribution in [3.63, 3.8) is 0 Å². The standard InChI is InChI=1S/C20H26N2.ClH/c1-15-18-11-14-21-20(12-7-4-8-13-20)19(18)16(2)22(15)17-9-5-3-6-10-17;/h3,5-6,9-10,21H,4,7-8,11-14H2,1-2H3;1H. The summed E-state index contributed by atoms with van der Waals surface area (Å²) < 4.78 is 2.48. The van der Waals surface area contributed by atoms with Crippen LogP contribution in [-0.4, -0.2) is 11.1 Å². The van der Waals surface area contributed by atoms with Gasteiger partial charge in [0.2, 0.25) is 0 Å². The second-order valence-corrected chi connectivity index (χ2v) is 7.01. The number of halogens is 1. The van der Waals surface area contributed by atoms with E-state index in [0.717, 1.165) is 6.54 Å². The summed E-state index contributed by atoms with van der Waals surface area (Å²) in [4.78, 5) is 0. The summed E-state index contributed by atoms with van der Waals surface area (Å²) >= 11 is 0. The van der Waals surface area contributed by atoms with Gasteiger partial charge in [0.1, 0.15) is 0 Å². The molecule has 23 heavy (non-hydrogen) atoms. The van der Waals surface area contributed by atoms with Gasteiger partial charge in [0.05, 0.1) is 0 Å². The van der Waals surface area contributed by atoms with E-state index >= 15 is 0 Å². The molecule has 0 bridgehead atoms. The van der Waals surface area contributed by atoms with Gasteiger partial charge in [-0.25, -0.2) is 0 Å². The zero-order valence-electron chi connectivity index (χ0n) is 14.2. The first-order valence-electron chi connectivity index (χ1n) is 8.75. The fourth-order valence-corrected chi connectivity index (χ4v) is 4.90. The van der Waals surface area contributed by atoms with Gasteiger partial charge in [-0.3, -0.25) is 0 Å². The predicted molar refractivity (Wildman–Crippen MR) is 99.0 cm³/mol. The molecule has 0 unspecified atom stereocenters. The molecule has 1 aromatic heterocycles. The van der Waals surface area contributed by atoms with Crippen LogP contribution in [0.25, 0.3) is 5.69 Å². The van der Waals surface area contributed by atoms with Crippen molar-refractivity contribution in [2.24, 2.45) is 0 Å². The first kappa shape index (κ1) is 16.6. The molecular weight excluding hydrogens is 304 g/mol. The number of hydrogen-bond acceptors (Lipinski definition) is 1. The highest BCUT2D eigenvalue weighted by Gasteiger charge is 2.41. The van der Waals surface area contributed by atoms with Gasteiger partial charge in [0.25, 0.3) is 0 Å². The average Bonchev–Trinajstić information content (AvgIpc) is 2.82. The largest absolute Gasteiger partial charge is 0.318 e. The second-order valence-electron chi connectivity index (χ2n) is 7.01. The molecule has 0 atom stereocenters. The number of benzene rings is 1. The molecule has 1 spiro atoms. The molecule has 3 heteroatoms. The summed E-state index contributed by atoms with van der Waals surface area (Å²) in [7, 11) is 0. The van der Waals surface area contributed by atoms with Crippen molar-refractivity contribution in [2.45, 2.75) is 57.9 Å². The van der Waals surface area contributed by atoms with Gasteiger partial charge in [-0.15, -0.1) is 12.4 Å². The van der Waals surface area contributed by atoms with Crippen molar-refractivity contribution in [3.8, 4) is 5.69 Å². The van der Waals surface area contributed by atoms with Crippen LogP contribution in [0.5, 0.6) is 0 Å². The van der Waals surface area contributed by atoms with Crippen LogP contribution in [-0.2, 0) is 12.0 Å². The highest BCUT2D eigenvalue weighted by Crippen LogP contribution is 2.44. The molecule has 1 saturated carbocycles. The number of hydrogen-bond donors (Lipinski definition) is 1. The van der Waals surface area contributed by atoms with E-state index in [1.165, 1.54) is 55.6 Å². The second kappa shape index (κ2) is 6.33. The van der Waals surface area contributed by atoms with Crippen LogP contribution in [0.1, 0.15) is 54.6 Å². The van der Waals surface area contributed by atoms with Gasteiger partial charge < -0.3 is 9.88 Å². The molecule has 4 rings (SSSR count). The van der Waals surface area contributed by atoms with Crippen molar-refractivity contribution < 1.29 is 0 Å². The summed E-state index contributed by atoms with van der Waals surface area (Å²) in [5, 5.41) is 3.91. The van der Waals surface area contributed by atoms with E-state index in [-0.39, 0.29) is 17.9 Å². The van der Waals surface area contributed by atoms with Gasteiger partial charge in [-0.05, 0) is 56.4 Å². The molecule has 1 aliphatic carbocycles. The van der Waals surface area contributed by atoms with Crippen LogP contribution < -0.4 is 5.32 Å². The van der Waals surface area contributed by atoms with Crippen molar-refractivity contribution in [1.82, 2.24) is 9.88 Å². The highest BCUT2D eigenvalue weighted by molar-refractivity contribution is 5.85. The van der Waals surface area contributed by atoms with Crippen LogP contribution in [0.4, 0.5) is 0 Å². The molecule has 0 amide bonds. The summed E-state index contributed by atoms with van der Waals surface area (Å²) in [6, 6.07) is 10.8. The maximum atomic E-state index is 3.91. The van der Waals surface area contributed by atoms with Crippen molar-refractivity contribution in [1.29, 1.82) is 0 Å². The van der Waals surface area contributed by atoms with E-state index in [1.54, 1.807) is 11.1 Å². The van der Waals surface area contributed by atoms with E-state index in [4.69, 9.17) is 0 Å². The Morgan fingerprint density at radius 3 is 2.35 bits per heavy atom. The highest BCUT2D eigenvalue weighted by atomic mass is 35.5. The van der Waals surface area contributed by atoms with Crippen molar-refractivity contribution in [3.05, 3.63) is 52.8 Å². The molecule has 2 heterocycles. The number of nitrogens with one attached hydrogen (secondary N) is 1. The summed E-state index contributed by atoms with van der Waals surface area (Å²) in [6.45, 7) is 5.76. The molecule has 2 nitrogen and oxygen atoms in total. The van der Waals surface area contributed by atoms with E-state index in [2.05, 4.69) is 54.1 Å². The molecule has 124 valence electrons. The number of fused-ring (bicyclic) bond motifs is 2. The Bertz CT molecular complexity index is 681. The first-order valence-corrected chi connectivity index (χ1v) is 8.75. The third-order valence-corrected chi connectivity index (χ3v) is 5.81. The average molecular weight is 331 g/mol. The Morgan fingerprint density at radius 2 is 1.65 bits per heavy atom. The van der Waals surface area contributed by atoms with Gasteiger partial charge in [0.15, 0.2) is 0 Å². The SMILES string of the molecule is Cc1c2c(c(C)n1-c1ccccc1)C1(CCCCC1)NCC2.Cl. The molecule has 0 radical (unpaired) electrons. The first-order chi connectivity index (χ1) is 10.7. The summed E-state index contributed by atoms with van der Waals surface area (Å²) in [5.41, 5.74) is 7.69. The maximum absolute atomic E-state index is 3.91. The third kappa shape index (κ3) is 2.53. The van der Waals surface area contributed by atoms with Gasteiger partial charge >= 0.3 is 0 Å². The molecule has 1 aliphatic heterocycles. The van der Waals surface area contributed by atoms with E-state index in [1.807, 2.05) is 0 Å². The molecule has 1 fully saturated rings. The monoisotopic (exact) mass is 330 g/mol. The van der Waals surface area contributed by atoms with Crippen LogP contribution in [0, 0.1) is 13.8 Å². The minimum atomic E-state index is 0. The van der Waals surface area contributed by atoms with Gasteiger partial charge in [-0.1, -0.05) is 37.5 Å². The minimum absolute atomic E-state index is 0. The molecule has 1 N–H and O–H groups in total. The van der Waals surface area contributed by atoms with Crippen molar-refractivity contribution in [2.75, 3.05) is 6.54 Å². The topological polar surface area (TPSA) is 17.0 Å². The van der Waals surface area contributed by atoms with E-state index < -0.39 is 0 Å². The predicted octanol–water partition coefficient (Wildman–Crippen LogP) is 4.82. The summed E-state index contributed by atoms with van der Waals surface area (Å²) in [6.07, 6.45) is 7.90. The minimum Gasteiger partial charge on any atom is -0.318 e. The molecule has 0 saturated heterocycles. The zero-order valence-corrected chi connectivity index (χ0v) is 15.0. The number of nitrogens with zero attached hydrogens (tertiary/aromatic N) is 1. The Balaban J connectivity index is 0.00000156. The lowest BCUT2D eigenvalue weighted by Crippen LogP contribution is -2.48. The lowest BCUT2D eigenvalue weighted by atomic mass is 9.73. The van der Waals surface area contributed by atoms with Crippen molar-refractivity contribution >= 4 is 12.4 Å².